The quantitative estimate of drug-likeness (QED) is 0.652. The first kappa shape index (κ1) is 19.6. The summed E-state index contributed by atoms with van der Waals surface area (Å²) in [6.45, 7) is 3.58. The van der Waals surface area contributed by atoms with Gasteiger partial charge in [0.2, 0.25) is 0 Å². The third kappa shape index (κ3) is 5.01. The number of likely N-dealkylation sites (tertiary alicyclic amines) is 1. The van der Waals surface area contributed by atoms with Crippen molar-refractivity contribution in [1.82, 2.24) is 9.88 Å². The van der Waals surface area contributed by atoms with Gasteiger partial charge in [-0.2, -0.15) is 0 Å². The van der Waals surface area contributed by atoms with E-state index in [2.05, 4.69) is 41.5 Å². The summed E-state index contributed by atoms with van der Waals surface area (Å²) >= 11 is 1.43. The van der Waals surface area contributed by atoms with Crippen LogP contribution < -0.4 is 5.32 Å². The smallest absolute Gasteiger partial charge is 0.265 e. The number of nitrogens with one attached hydrogen (secondary N) is 1. The first-order valence-electron chi connectivity index (χ1n) is 9.88. The van der Waals surface area contributed by atoms with Gasteiger partial charge in [-0.3, -0.25) is 4.79 Å². The van der Waals surface area contributed by atoms with Gasteiger partial charge in [0.05, 0.1) is 11.2 Å². The summed E-state index contributed by atoms with van der Waals surface area (Å²) in [5.74, 6) is -0.189. The van der Waals surface area contributed by atoms with Crippen LogP contribution >= 0.6 is 11.3 Å². The van der Waals surface area contributed by atoms with Crippen molar-refractivity contribution in [3.63, 3.8) is 0 Å². The third-order valence-electron chi connectivity index (χ3n) is 5.20. The predicted molar refractivity (Wildman–Crippen MR) is 115 cm³/mol. The summed E-state index contributed by atoms with van der Waals surface area (Å²) in [6, 6.07) is 15.2. The van der Waals surface area contributed by atoms with Crippen LogP contribution in [0.15, 0.2) is 54.7 Å². The van der Waals surface area contributed by atoms with Crippen LogP contribution in [0.3, 0.4) is 0 Å². The van der Waals surface area contributed by atoms with E-state index < -0.39 is 0 Å². The van der Waals surface area contributed by atoms with Crippen molar-refractivity contribution in [2.45, 2.75) is 32.2 Å². The van der Waals surface area contributed by atoms with E-state index in [1.54, 1.807) is 18.3 Å². The van der Waals surface area contributed by atoms with E-state index in [4.69, 9.17) is 0 Å². The number of nitrogens with zero attached hydrogens (tertiary/aromatic N) is 2. The molecule has 1 aromatic heterocycles. The molecule has 2 heterocycles. The van der Waals surface area contributed by atoms with Crippen LogP contribution in [0.25, 0.3) is 0 Å². The third-order valence-corrected chi connectivity index (χ3v) is 6.19. The van der Waals surface area contributed by atoms with Crippen molar-refractivity contribution >= 4 is 22.9 Å². The standard InChI is InChI=1S/C23H24FN3OS/c1-16-3-2-4-20(13-16)26-19-9-11-27(12-10-19)23(28)21-15-25-22(29-21)14-17-5-7-18(24)8-6-17/h2-8,13,15,19,26H,9-12,14H2,1H3. The van der Waals surface area contributed by atoms with Crippen molar-refractivity contribution < 1.29 is 9.18 Å². The Kier molecular flexibility index (Phi) is 5.90. The highest BCUT2D eigenvalue weighted by atomic mass is 32.1. The molecule has 4 nitrogen and oxygen atoms in total. The molecule has 2 aromatic carbocycles. The summed E-state index contributed by atoms with van der Waals surface area (Å²) in [7, 11) is 0. The van der Waals surface area contributed by atoms with E-state index in [9.17, 15) is 9.18 Å². The van der Waals surface area contributed by atoms with Gasteiger partial charge in [0.1, 0.15) is 10.7 Å². The number of rotatable bonds is 5. The van der Waals surface area contributed by atoms with E-state index >= 15 is 0 Å². The topological polar surface area (TPSA) is 45.2 Å². The average Bonchev–Trinajstić information content (AvgIpc) is 3.18. The average molecular weight is 410 g/mol. The van der Waals surface area contributed by atoms with Gasteiger partial charge in [-0.15, -0.1) is 11.3 Å². The highest BCUT2D eigenvalue weighted by Crippen LogP contribution is 2.22. The monoisotopic (exact) mass is 409 g/mol. The molecular formula is C23H24FN3OS. The summed E-state index contributed by atoms with van der Waals surface area (Å²) in [4.78, 5) is 19.8. The number of carbonyl (C=O) groups is 1. The maximum Gasteiger partial charge on any atom is 0.265 e. The Hall–Kier alpha value is -2.73. The van der Waals surface area contributed by atoms with Gasteiger partial charge in [-0.1, -0.05) is 24.3 Å². The molecule has 0 spiro atoms. The van der Waals surface area contributed by atoms with Gasteiger partial charge in [0.25, 0.3) is 5.91 Å². The molecule has 0 atom stereocenters. The SMILES string of the molecule is Cc1cccc(NC2CCN(C(=O)c3cnc(Cc4ccc(F)cc4)s3)CC2)c1. The van der Waals surface area contributed by atoms with Gasteiger partial charge < -0.3 is 10.2 Å². The van der Waals surface area contributed by atoms with E-state index in [1.807, 2.05) is 4.90 Å². The molecule has 4 rings (SSSR count). The van der Waals surface area contributed by atoms with E-state index in [1.165, 1.54) is 29.0 Å². The van der Waals surface area contributed by atoms with Crippen LogP contribution in [-0.2, 0) is 6.42 Å². The first-order chi connectivity index (χ1) is 14.1. The molecule has 1 N–H and O–H groups in total. The molecule has 0 saturated carbocycles. The Morgan fingerprint density at radius 3 is 2.69 bits per heavy atom. The number of anilines is 1. The Morgan fingerprint density at radius 2 is 1.97 bits per heavy atom. The van der Waals surface area contributed by atoms with Gasteiger partial charge in [-0.25, -0.2) is 9.37 Å². The van der Waals surface area contributed by atoms with E-state index in [0.29, 0.717) is 17.3 Å². The lowest BCUT2D eigenvalue weighted by atomic mass is 10.0. The number of aromatic nitrogens is 1. The Morgan fingerprint density at radius 1 is 1.21 bits per heavy atom. The molecule has 150 valence electrons. The lowest BCUT2D eigenvalue weighted by Gasteiger charge is -2.32. The number of amides is 1. The molecule has 0 aliphatic carbocycles. The fourth-order valence-corrected chi connectivity index (χ4v) is 4.54. The summed E-state index contributed by atoms with van der Waals surface area (Å²) in [5, 5.41) is 4.45. The van der Waals surface area contributed by atoms with Crippen molar-refractivity contribution in [1.29, 1.82) is 0 Å². The van der Waals surface area contributed by atoms with Gasteiger partial charge in [0, 0.05) is 31.2 Å². The number of aryl methyl sites for hydroxylation is 1. The number of benzene rings is 2. The lowest BCUT2D eigenvalue weighted by molar-refractivity contribution is 0.0723. The van der Waals surface area contributed by atoms with Crippen molar-refractivity contribution in [2.24, 2.45) is 0 Å². The van der Waals surface area contributed by atoms with E-state index in [-0.39, 0.29) is 11.7 Å². The molecule has 1 saturated heterocycles. The van der Waals surface area contributed by atoms with Crippen LogP contribution in [0.2, 0.25) is 0 Å². The van der Waals surface area contributed by atoms with E-state index in [0.717, 1.165) is 42.2 Å². The summed E-state index contributed by atoms with van der Waals surface area (Å²) in [6.07, 6.45) is 4.14. The second-order valence-corrected chi connectivity index (χ2v) is 8.62. The minimum Gasteiger partial charge on any atom is -0.382 e. The second-order valence-electron chi connectivity index (χ2n) is 7.50. The molecule has 6 heteroatoms. The normalized spacial score (nSPS) is 14.8. The summed E-state index contributed by atoms with van der Waals surface area (Å²) in [5.41, 5.74) is 3.37. The molecule has 0 unspecified atom stereocenters. The maximum atomic E-state index is 13.0. The number of thiazole rings is 1. The number of halogens is 1. The molecule has 1 amide bonds. The zero-order chi connectivity index (χ0) is 20.2. The van der Waals surface area contributed by atoms with Gasteiger partial charge in [-0.05, 0) is 55.2 Å². The van der Waals surface area contributed by atoms with Gasteiger partial charge in [0.15, 0.2) is 0 Å². The Labute approximate surface area is 174 Å². The molecule has 1 aliphatic rings. The fourth-order valence-electron chi connectivity index (χ4n) is 3.62. The van der Waals surface area contributed by atoms with Crippen LogP contribution in [0.5, 0.6) is 0 Å². The van der Waals surface area contributed by atoms with Crippen LogP contribution in [0.1, 0.15) is 38.6 Å². The minimum atomic E-state index is -0.246. The summed E-state index contributed by atoms with van der Waals surface area (Å²) < 4.78 is 13.0. The number of carbonyl (C=O) groups excluding carboxylic acids is 1. The Balaban J connectivity index is 1.31. The fraction of sp³-hybridized carbons (Fsp3) is 0.304. The minimum absolute atomic E-state index is 0.0573. The van der Waals surface area contributed by atoms with Crippen molar-refractivity contribution in [3.8, 4) is 0 Å². The van der Waals surface area contributed by atoms with Crippen LogP contribution in [0.4, 0.5) is 10.1 Å². The number of hydrogen-bond donors (Lipinski definition) is 1. The second kappa shape index (κ2) is 8.74. The zero-order valence-electron chi connectivity index (χ0n) is 16.4. The van der Waals surface area contributed by atoms with Crippen LogP contribution in [-0.4, -0.2) is 34.9 Å². The molecule has 1 fully saturated rings. The lowest BCUT2D eigenvalue weighted by Crippen LogP contribution is -2.42. The largest absolute Gasteiger partial charge is 0.382 e. The maximum absolute atomic E-state index is 13.0. The number of piperidine rings is 1. The molecule has 0 bridgehead atoms. The number of hydrogen-bond acceptors (Lipinski definition) is 4. The predicted octanol–water partition coefficient (Wildman–Crippen LogP) is 4.90. The highest BCUT2D eigenvalue weighted by molar-refractivity contribution is 7.13. The molecule has 0 radical (unpaired) electrons. The highest BCUT2D eigenvalue weighted by Gasteiger charge is 2.25. The van der Waals surface area contributed by atoms with Crippen LogP contribution in [0, 0.1) is 12.7 Å². The van der Waals surface area contributed by atoms with Gasteiger partial charge >= 0.3 is 0 Å². The molecular weight excluding hydrogens is 385 g/mol. The van der Waals surface area contributed by atoms with Crippen molar-refractivity contribution in [2.75, 3.05) is 18.4 Å². The Bertz CT molecular complexity index is 978. The molecule has 3 aromatic rings. The van der Waals surface area contributed by atoms with Crippen molar-refractivity contribution in [3.05, 3.63) is 81.6 Å². The zero-order valence-corrected chi connectivity index (χ0v) is 17.2. The molecule has 1 aliphatic heterocycles. The first-order valence-corrected chi connectivity index (χ1v) is 10.7. The molecule has 29 heavy (non-hydrogen) atoms.